The lowest BCUT2D eigenvalue weighted by Gasteiger charge is -2.14. The van der Waals surface area contributed by atoms with Crippen molar-refractivity contribution in [3.63, 3.8) is 0 Å². The third-order valence-corrected chi connectivity index (χ3v) is 3.69. The van der Waals surface area contributed by atoms with Gasteiger partial charge in [0, 0.05) is 6.42 Å². The molecule has 0 saturated carbocycles. The van der Waals surface area contributed by atoms with E-state index in [0.29, 0.717) is 18.8 Å². The molecule has 0 spiro atoms. The number of benzene rings is 2. The predicted octanol–water partition coefficient (Wildman–Crippen LogP) is 4.25. The van der Waals surface area contributed by atoms with Gasteiger partial charge in [0.25, 0.3) is 0 Å². The lowest BCUT2D eigenvalue weighted by Crippen LogP contribution is -2.07. The molecule has 0 aromatic heterocycles. The Labute approximate surface area is 136 Å². The summed E-state index contributed by atoms with van der Waals surface area (Å²) in [6.45, 7) is 2.60. The maximum absolute atomic E-state index is 11.5. The molecular formula is C19H22O4. The van der Waals surface area contributed by atoms with Crippen LogP contribution in [-0.4, -0.2) is 22.8 Å². The van der Waals surface area contributed by atoms with Crippen molar-refractivity contribution in [3.8, 4) is 11.5 Å². The average molecular weight is 314 g/mol. The van der Waals surface area contributed by atoms with Gasteiger partial charge in [-0.25, -0.2) is 4.79 Å². The van der Waals surface area contributed by atoms with Crippen LogP contribution in [-0.2, 0) is 6.42 Å². The highest BCUT2D eigenvalue weighted by Crippen LogP contribution is 2.29. The summed E-state index contributed by atoms with van der Waals surface area (Å²) in [5.74, 6) is -0.404. The van der Waals surface area contributed by atoms with Crippen LogP contribution in [0.15, 0.2) is 42.5 Å². The number of carboxylic acids is 1. The summed E-state index contributed by atoms with van der Waals surface area (Å²) in [6, 6.07) is 12.1. The number of aromatic carboxylic acids is 1. The fourth-order valence-electron chi connectivity index (χ4n) is 2.45. The lowest BCUT2D eigenvalue weighted by molar-refractivity contribution is 0.0692. The molecule has 0 amide bonds. The second-order valence-corrected chi connectivity index (χ2v) is 5.46. The molecule has 0 saturated heterocycles. The molecule has 4 nitrogen and oxygen atoms in total. The average Bonchev–Trinajstić information content (AvgIpc) is 2.54. The maximum atomic E-state index is 11.5. The first kappa shape index (κ1) is 16.9. The third kappa shape index (κ3) is 4.49. The van der Waals surface area contributed by atoms with E-state index in [4.69, 9.17) is 4.74 Å². The molecule has 0 atom stereocenters. The topological polar surface area (TPSA) is 66.8 Å². The van der Waals surface area contributed by atoms with Crippen molar-refractivity contribution >= 4 is 5.97 Å². The van der Waals surface area contributed by atoms with Crippen molar-refractivity contribution in [1.82, 2.24) is 0 Å². The molecule has 0 radical (unpaired) electrons. The van der Waals surface area contributed by atoms with E-state index in [2.05, 4.69) is 6.92 Å². The van der Waals surface area contributed by atoms with Crippen LogP contribution in [0.1, 0.15) is 47.7 Å². The van der Waals surface area contributed by atoms with Crippen molar-refractivity contribution in [2.24, 2.45) is 0 Å². The number of phenols is 1. The molecule has 0 heterocycles. The van der Waals surface area contributed by atoms with E-state index in [1.165, 1.54) is 0 Å². The molecule has 0 fully saturated rings. The number of ether oxygens (including phenoxy) is 1. The van der Waals surface area contributed by atoms with Gasteiger partial charge in [-0.15, -0.1) is 0 Å². The van der Waals surface area contributed by atoms with Crippen LogP contribution in [0.25, 0.3) is 0 Å². The van der Waals surface area contributed by atoms with Gasteiger partial charge in [-0.1, -0.05) is 50.1 Å². The first-order valence-electron chi connectivity index (χ1n) is 7.88. The highest BCUT2D eigenvalue weighted by atomic mass is 16.5. The number of carbonyl (C=O) groups is 1. The van der Waals surface area contributed by atoms with E-state index >= 15 is 0 Å². The third-order valence-electron chi connectivity index (χ3n) is 3.69. The molecule has 0 aliphatic heterocycles. The van der Waals surface area contributed by atoms with Gasteiger partial charge in [-0.2, -0.15) is 0 Å². The minimum atomic E-state index is -1.00. The van der Waals surface area contributed by atoms with E-state index in [0.717, 1.165) is 30.4 Å². The summed E-state index contributed by atoms with van der Waals surface area (Å²) in [4.78, 5) is 11.5. The smallest absolute Gasteiger partial charge is 0.339 e. The van der Waals surface area contributed by atoms with Crippen LogP contribution in [0, 0.1) is 0 Å². The van der Waals surface area contributed by atoms with Crippen LogP contribution >= 0.6 is 0 Å². The largest absolute Gasteiger partial charge is 0.508 e. The molecular weight excluding hydrogens is 292 g/mol. The summed E-state index contributed by atoms with van der Waals surface area (Å²) in [5, 5.41) is 19.3. The molecule has 2 aromatic rings. The number of aromatic hydroxyl groups is 1. The minimum absolute atomic E-state index is 0.161. The second-order valence-electron chi connectivity index (χ2n) is 5.46. The fraction of sp³-hybridized carbons (Fsp3) is 0.316. The van der Waals surface area contributed by atoms with E-state index in [1.807, 2.05) is 18.2 Å². The van der Waals surface area contributed by atoms with Crippen LogP contribution in [0.5, 0.6) is 11.5 Å². The summed E-state index contributed by atoms with van der Waals surface area (Å²) >= 11 is 0. The van der Waals surface area contributed by atoms with Crippen LogP contribution in [0.3, 0.4) is 0 Å². The zero-order chi connectivity index (χ0) is 16.7. The van der Waals surface area contributed by atoms with Crippen molar-refractivity contribution < 1.29 is 19.7 Å². The quantitative estimate of drug-likeness (QED) is 0.715. The number of rotatable bonds is 8. The lowest BCUT2D eigenvalue weighted by atomic mass is 10.0. The molecule has 2 rings (SSSR count). The van der Waals surface area contributed by atoms with E-state index in [-0.39, 0.29) is 11.3 Å². The van der Waals surface area contributed by atoms with Crippen molar-refractivity contribution in [2.75, 3.05) is 6.61 Å². The number of para-hydroxylation sites is 2. The summed E-state index contributed by atoms with van der Waals surface area (Å²) in [7, 11) is 0. The Morgan fingerprint density at radius 1 is 1.04 bits per heavy atom. The van der Waals surface area contributed by atoms with Crippen molar-refractivity contribution in [1.29, 1.82) is 0 Å². The summed E-state index contributed by atoms with van der Waals surface area (Å²) in [6.07, 6.45) is 3.44. The zero-order valence-electron chi connectivity index (χ0n) is 13.3. The van der Waals surface area contributed by atoms with Gasteiger partial charge >= 0.3 is 5.97 Å². The molecule has 2 aromatic carbocycles. The summed E-state index contributed by atoms with van der Waals surface area (Å²) in [5.41, 5.74) is 1.67. The van der Waals surface area contributed by atoms with E-state index < -0.39 is 5.97 Å². The van der Waals surface area contributed by atoms with Gasteiger partial charge in [0.05, 0.1) is 6.61 Å². The number of hydrogen-bond donors (Lipinski definition) is 2. The second kappa shape index (κ2) is 8.22. The Kier molecular flexibility index (Phi) is 6.03. The highest BCUT2D eigenvalue weighted by molar-refractivity contribution is 5.91. The normalized spacial score (nSPS) is 10.5. The first-order chi connectivity index (χ1) is 11.1. The predicted molar refractivity (Wildman–Crippen MR) is 89.3 cm³/mol. The molecule has 0 aliphatic rings. The van der Waals surface area contributed by atoms with Crippen LogP contribution < -0.4 is 4.74 Å². The minimum Gasteiger partial charge on any atom is -0.508 e. The van der Waals surface area contributed by atoms with Gasteiger partial charge in [-0.05, 0) is 29.7 Å². The number of carboxylic acid groups (broad SMARTS) is 1. The Morgan fingerprint density at radius 2 is 1.78 bits per heavy atom. The Balaban J connectivity index is 2.28. The number of hydrogen-bond acceptors (Lipinski definition) is 3. The fourth-order valence-corrected chi connectivity index (χ4v) is 2.45. The maximum Gasteiger partial charge on any atom is 0.339 e. The van der Waals surface area contributed by atoms with Crippen molar-refractivity contribution in [3.05, 3.63) is 59.2 Å². The monoisotopic (exact) mass is 314 g/mol. The number of unbranched alkanes of at least 4 members (excludes halogenated alkanes) is 2. The zero-order valence-corrected chi connectivity index (χ0v) is 13.3. The molecule has 0 unspecified atom stereocenters. The van der Waals surface area contributed by atoms with Gasteiger partial charge in [0.15, 0.2) is 0 Å². The number of phenolic OH excluding ortho intramolecular Hbond substituents is 1. The molecule has 122 valence electrons. The molecule has 23 heavy (non-hydrogen) atoms. The SMILES string of the molecule is CCCCCOc1c(Cc2ccccc2O)cccc1C(=O)O. The molecule has 0 bridgehead atoms. The molecule has 2 N–H and O–H groups in total. The molecule has 4 heteroatoms. The highest BCUT2D eigenvalue weighted by Gasteiger charge is 2.16. The van der Waals surface area contributed by atoms with Crippen LogP contribution in [0.4, 0.5) is 0 Å². The van der Waals surface area contributed by atoms with E-state index in [1.54, 1.807) is 24.3 Å². The van der Waals surface area contributed by atoms with Crippen LogP contribution in [0.2, 0.25) is 0 Å². The Morgan fingerprint density at radius 3 is 2.48 bits per heavy atom. The van der Waals surface area contributed by atoms with Gasteiger partial charge in [-0.3, -0.25) is 0 Å². The Hall–Kier alpha value is -2.49. The Bertz CT molecular complexity index is 664. The summed E-state index contributed by atoms with van der Waals surface area (Å²) < 4.78 is 5.78. The first-order valence-corrected chi connectivity index (χ1v) is 7.88. The van der Waals surface area contributed by atoms with E-state index in [9.17, 15) is 15.0 Å². The van der Waals surface area contributed by atoms with Gasteiger partial charge < -0.3 is 14.9 Å². The van der Waals surface area contributed by atoms with Gasteiger partial charge in [0.2, 0.25) is 0 Å². The van der Waals surface area contributed by atoms with Crippen molar-refractivity contribution in [2.45, 2.75) is 32.6 Å². The standard InChI is InChI=1S/C19H22O4/c1-2-3-6-12-23-18-15(9-7-10-16(18)19(21)22)13-14-8-4-5-11-17(14)20/h4-5,7-11,20H,2-3,6,12-13H2,1H3,(H,21,22). The van der Waals surface area contributed by atoms with Gasteiger partial charge in [0.1, 0.15) is 17.1 Å². The molecule has 0 aliphatic carbocycles.